The van der Waals surface area contributed by atoms with Crippen LogP contribution in [0.1, 0.15) is 18.4 Å². The fourth-order valence-corrected chi connectivity index (χ4v) is 1.94. The van der Waals surface area contributed by atoms with Crippen molar-refractivity contribution in [2.45, 2.75) is 12.8 Å². The Labute approximate surface area is 110 Å². The van der Waals surface area contributed by atoms with E-state index in [0.29, 0.717) is 17.6 Å². The molecule has 0 atom stereocenters. The second-order valence-corrected chi connectivity index (χ2v) is 4.16. The summed E-state index contributed by atoms with van der Waals surface area (Å²) in [5.41, 5.74) is 1.20. The lowest BCUT2D eigenvalue weighted by Crippen LogP contribution is -2.02. The van der Waals surface area contributed by atoms with E-state index in [2.05, 4.69) is 0 Å². The maximum Gasteiger partial charge on any atom is 0.311 e. The number of nitro groups is 1. The molecular formula is C14H13NO4. The molecule has 2 rings (SSSR count). The number of benzene rings is 1. The zero-order valence-electron chi connectivity index (χ0n) is 10.5. The zero-order chi connectivity index (χ0) is 13.8. The van der Waals surface area contributed by atoms with Gasteiger partial charge in [-0.3, -0.25) is 14.9 Å². The topological polar surface area (TPSA) is 69.4 Å². The first-order chi connectivity index (χ1) is 9.11. The molecule has 0 unspecified atom stereocenters. The quantitative estimate of drug-likeness (QED) is 0.475. The number of allylic oxidation sites excluding steroid dienone is 3. The molecule has 0 aliphatic heterocycles. The SMILES string of the molecule is COc1ccc(/C=C2\CCC=CC2=O)cc1[N+](=O)[O-]. The number of carbonyl (C=O) groups is 1. The molecule has 98 valence electrons. The molecule has 0 heterocycles. The predicted molar refractivity (Wildman–Crippen MR) is 71.0 cm³/mol. The lowest BCUT2D eigenvalue weighted by Gasteiger charge is -2.07. The van der Waals surface area contributed by atoms with Crippen LogP contribution in [0.3, 0.4) is 0 Å². The summed E-state index contributed by atoms with van der Waals surface area (Å²) in [6.45, 7) is 0. The molecule has 1 aliphatic carbocycles. The van der Waals surface area contributed by atoms with Gasteiger partial charge in [0.05, 0.1) is 12.0 Å². The molecular weight excluding hydrogens is 246 g/mol. The second kappa shape index (κ2) is 5.48. The van der Waals surface area contributed by atoms with E-state index in [1.165, 1.54) is 25.3 Å². The summed E-state index contributed by atoms with van der Waals surface area (Å²) in [7, 11) is 1.38. The van der Waals surface area contributed by atoms with Gasteiger partial charge >= 0.3 is 5.69 Å². The van der Waals surface area contributed by atoms with Crippen molar-refractivity contribution in [2.75, 3.05) is 7.11 Å². The fraction of sp³-hybridized carbons (Fsp3) is 0.214. The summed E-state index contributed by atoms with van der Waals surface area (Å²) >= 11 is 0. The number of ether oxygens (including phenoxy) is 1. The lowest BCUT2D eigenvalue weighted by molar-refractivity contribution is -0.385. The summed E-state index contributed by atoms with van der Waals surface area (Å²) in [5.74, 6) is 0.173. The van der Waals surface area contributed by atoms with Crippen LogP contribution in [0.5, 0.6) is 5.75 Å². The Kier molecular flexibility index (Phi) is 3.75. The molecule has 1 aliphatic rings. The van der Waals surface area contributed by atoms with Gasteiger partial charge in [0.1, 0.15) is 0 Å². The van der Waals surface area contributed by atoms with Crippen molar-refractivity contribution in [1.29, 1.82) is 0 Å². The maximum atomic E-state index is 11.6. The van der Waals surface area contributed by atoms with Crippen LogP contribution in [0.4, 0.5) is 5.69 Å². The molecule has 1 aromatic rings. The van der Waals surface area contributed by atoms with E-state index >= 15 is 0 Å². The highest BCUT2D eigenvalue weighted by Gasteiger charge is 2.16. The van der Waals surface area contributed by atoms with Crippen LogP contribution < -0.4 is 4.74 Å². The van der Waals surface area contributed by atoms with Crippen LogP contribution in [0.2, 0.25) is 0 Å². The number of hydrogen-bond donors (Lipinski definition) is 0. The Balaban J connectivity index is 2.39. The van der Waals surface area contributed by atoms with Gasteiger partial charge in [-0.2, -0.15) is 0 Å². The molecule has 0 saturated carbocycles. The average molecular weight is 259 g/mol. The summed E-state index contributed by atoms with van der Waals surface area (Å²) in [5, 5.41) is 10.9. The lowest BCUT2D eigenvalue weighted by atomic mass is 9.97. The number of ketones is 1. The number of nitrogens with zero attached hydrogens (tertiary/aromatic N) is 1. The molecule has 19 heavy (non-hydrogen) atoms. The van der Waals surface area contributed by atoms with Crippen molar-refractivity contribution in [3.05, 3.63) is 51.6 Å². The number of hydrogen-bond acceptors (Lipinski definition) is 4. The van der Waals surface area contributed by atoms with Gasteiger partial charge in [-0.05, 0) is 36.6 Å². The molecule has 0 fully saturated rings. The molecule has 0 saturated heterocycles. The first kappa shape index (κ1) is 13.0. The second-order valence-electron chi connectivity index (χ2n) is 4.16. The van der Waals surface area contributed by atoms with Crippen molar-refractivity contribution in [3.8, 4) is 5.75 Å². The monoisotopic (exact) mass is 259 g/mol. The van der Waals surface area contributed by atoms with Crippen molar-refractivity contribution in [1.82, 2.24) is 0 Å². The molecule has 5 heteroatoms. The molecule has 1 aromatic carbocycles. The van der Waals surface area contributed by atoms with E-state index in [0.717, 1.165) is 6.42 Å². The maximum absolute atomic E-state index is 11.6. The Hall–Kier alpha value is -2.43. The number of rotatable bonds is 3. The van der Waals surface area contributed by atoms with Crippen LogP contribution in [0.15, 0.2) is 35.9 Å². The minimum absolute atomic E-state index is 0.0373. The third-order valence-electron chi connectivity index (χ3n) is 2.91. The van der Waals surface area contributed by atoms with E-state index in [-0.39, 0.29) is 17.2 Å². The van der Waals surface area contributed by atoms with Crippen molar-refractivity contribution in [3.63, 3.8) is 0 Å². The molecule has 0 bridgehead atoms. The third kappa shape index (κ3) is 2.88. The summed E-state index contributed by atoms with van der Waals surface area (Å²) in [6, 6.07) is 4.65. The van der Waals surface area contributed by atoms with Gasteiger partial charge < -0.3 is 4.74 Å². The van der Waals surface area contributed by atoms with E-state index in [1.54, 1.807) is 12.1 Å². The largest absolute Gasteiger partial charge is 0.490 e. The van der Waals surface area contributed by atoms with Crippen molar-refractivity contribution >= 4 is 17.5 Å². The molecule has 5 nitrogen and oxygen atoms in total. The van der Waals surface area contributed by atoms with Crippen molar-refractivity contribution < 1.29 is 14.5 Å². The smallest absolute Gasteiger partial charge is 0.311 e. The predicted octanol–water partition coefficient (Wildman–Crippen LogP) is 2.91. The highest BCUT2D eigenvalue weighted by Crippen LogP contribution is 2.29. The number of carbonyl (C=O) groups excluding carboxylic acids is 1. The molecule has 0 N–H and O–H groups in total. The third-order valence-corrected chi connectivity index (χ3v) is 2.91. The van der Waals surface area contributed by atoms with Gasteiger partial charge in [0, 0.05) is 11.6 Å². The molecule has 0 spiro atoms. The van der Waals surface area contributed by atoms with E-state index < -0.39 is 4.92 Å². The van der Waals surface area contributed by atoms with Crippen LogP contribution in [-0.2, 0) is 4.79 Å². The summed E-state index contributed by atoms with van der Waals surface area (Å²) in [4.78, 5) is 22.0. The standard InChI is InChI=1S/C14H13NO4/c1-19-14-7-6-10(9-12(14)15(17)18)8-11-4-2-3-5-13(11)16/h3,5-9H,2,4H2,1H3/b11-8+. The van der Waals surface area contributed by atoms with Gasteiger partial charge in [0.25, 0.3) is 0 Å². The van der Waals surface area contributed by atoms with Crippen LogP contribution in [0, 0.1) is 10.1 Å². The zero-order valence-corrected chi connectivity index (χ0v) is 10.5. The number of nitro benzene ring substituents is 1. The van der Waals surface area contributed by atoms with Crippen LogP contribution >= 0.6 is 0 Å². The minimum atomic E-state index is -0.497. The highest BCUT2D eigenvalue weighted by molar-refractivity contribution is 6.07. The van der Waals surface area contributed by atoms with Gasteiger partial charge in [-0.25, -0.2) is 0 Å². The molecule has 0 amide bonds. The van der Waals surface area contributed by atoms with E-state index in [1.807, 2.05) is 6.08 Å². The van der Waals surface area contributed by atoms with Gasteiger partial charge in [-0.1, -0.05) is 12.1 Å². The Bertz CT molecular complexity index is 587. The Morgan fingerprint density at radius 1 is 1.42 bits per heavy atom. The Morgan fingerprint density at radius 3 is 2.84 bits per heavy atom. The normalized spacial score (nSPS) is 16.7. The number of methoxy groups -OCH3 is 1. The first-order valence-electron chi connectivity index (χ1n) is 5.85. The molecule has 0 radical (unpaired) electrons. The summed E-state index contributed by atoms with van der Waals surface area (Å²) in [6.07, 6.45) is 6.53. The van der Waals surface area contributed by atoms with Crippen LogP contribution in [0.25, 0.3) is 6.08 Å². The van der Waals surface area contributed by atoms with Crippen LogP contribution in [-0.4, -0.2) is 17.8 Å². The Morgan fingerprint density at radius 2 is 2.21 bits per heavy atom. The highest BCUT2D eigenvalue weighted by atomic mass is 16.6. The van der Waals surface area contributed by atoms with E-state index in [9.17, 15) is 14.9 Å². The first-order valence-corrected chi connectivity index (χ1v) is 5.85. The summed E-state index contributed by atoms with van der Waals surface area (Å²) < 4.78 is 4.93. The van der Waals surface area contributed by atoms with Gasteiger partial charge in [0.2, 0.25) is 0 Å². The molecule has 0 aromatic heterocycles. The minimum Gasteiger partial charge on any atom is -0.490 e. The van der Waals surface area contributed by atoms with Gasteiger partial charge in [0.15, 0.2) is 11.5 Å². The average Bonchev–Trinajstić information content (AvgIpc) is 2.41. The van der Waals surface area contributed by atoms with Gasteiger partial charge in [-0.15, -0.1) is 0 Å². The van der Waals surface area contributed by atoms with Crippen molar-refractivity contribution in [2.24, 2.45) is 0 Å². The van der Waals surface area contributed by atoms with E-state index in [4.69, 9.17) is 4.74 Å². The fourth-order valence-electron chi connectivity index (χ4n) is 1.94.